The minimum Gasteiger partial charge on any atom is -0.376 e. The molecule has 64 heavy (non-hydrogen) atoms. The maximum Gasteiger partial charge on any atom is 0.0486 e. The first kappa shape index (κ1) is 37.9. The Labute approximate surface area is 372 Å². The molecule has 0 radical (unpaired) electrons. The Balaban J connectivity index is 1.16. The minimum atomic E-state index is 0.809. The van der Waals surface area contributed by atoms with Gasteiger partial charge in [0.1, 0.15) is 0 Å². The predicted octanol–water partition coefficient (Wildman–Crippen LogP) is 7.22. The third-order valence-electron chi connectivity index (χ3n) is 13.5. The summed E-state index contributed by atoms with van der Waals surface area (Å²) in [5, 5.41) is 4.23. The number of aromatic nitrogens is 4. The normalized spacial score (nSPS) is 16.9. The SMILES string of the molecule is CN1C=C(C2=c3ccc([nH]3)=C(C3=CN(C)c4ccccc4C3)c3ccc([nH]3)C(C3=CN(C)c4ccccc4C3)=c3ccc([nH]3)=C(C3=CN(C)c4ccccc4C3)c3ccc2[nH]3)C=CC1. The lowest BCUT2D eigenvalue weighted by Gasteiger charge is -2.27. The van der Waals surface area contributed by atoms with Gasteiger partial charge in [-0.15, -0.1) is 0 Å². The van der Waals surface area contributed by atoms with Crippen LogP contribution in [0.15, 0.2) is 181 Å². The van der Waals surface area contributed by atoms with E-state index in [9.17, 15) is 0 Å². The van der Waals surface area contributed by atoms with Crippen LogP contribution in [0.3, 0.4) is 0 Å². The Morgan fingerprint density at radius 1 is 0.375 bits per heavy atom. The van der Waals surface area contributed by atoms with Gasteiger partial charge in [-0.2, -0.15) is 0 Å². The van der Waals surface area contributed by atoms with E-state index >= 15 is 0 Å². The summed E-state index contributed by atoms with van der Waals surface area (Å²) in [6.07, 6.45) is 16.1. The van der Waals surface area contributed by atoms with Crippen LogP contribution in [0.25, 0.3) is 22.3 Å². The third kappa shape index (κ3) is 6.36. The van der Waals surface area contributed by atoms with Gasteiger partial charge in [0.15, 0.2) is 0 Å². The number of aromatic amines is 4. The van der Waals surface area contributed by atoms with E-state index in [0.29, 0.717) is 0 Å². The standard InChI is InChI=1S/C56H50N8/c1-61-27-11-15-38(31-61)53-42-19-21-44(57-42)54(39-28-35-12-5-8-16-50(35)62(2)32-39)46-23-25-48(59-46)56(41-30-37-14-7-10-18-52(37)64(4)34-41)49-26-24-47(60-49)55(45-22-20-43(53)58-45)40-29-36-13-6-9-17-51(36)63(3)33-40/h5-26,31-34,57-60H,27-30H2,1-4H3. The summed E-state index contributed by atoms with van der Waals surface area (Å²) in [5.41, 5.74) is 21.3. The lowest BCUT2D eigenvalue weighted by atomic mass is 9.92. The largest absolute Gasteiger partial charge is 0.376 e. The van der Waals surface area contributed by atoms with Crippen LogP contribution in [-0.4, -0.2) is 59.6 Å². The highest BCUT2D eigenvalue weighted by Gasteiger charge is 2.26. The van der Waals surface area contributed by atoms with E-state index in [4.69, 9.17) is 0 Å². The second kappa shape index (κ2) is 14.9. The quantitative estimate of drug-likeness (QED) is 0.151. The third-order valence-corrected chi connectivity index (χ3v) is 13.5. The van der Waals surface area contributed by atoms with Crippen LogP contribution in [0.4, 0.5) is 17.1 Å². The minimum absolute atomic E-state index is 0.809. The zero-order valence-corrected chi connectivity index (χ0v) is 36.6. The molecular weight excluding hydrogens is 785 g/mol. The first-order valence-electron chi connectivity index (χ1n) is 22.2. The van der Waals surface area contributed by atoms with Crippen molar-refractivity contribution in [3.63, 3.8) is 0 Å². The van der Waals surface area contributed by atoms with E-state index in [1.54, 1.807) is 0 Å². The van der Waals surface area contributed by atoms with Crippen molar-refractivity contribution < 1.29 is 0 Å². The molecule has 8 bridgehead atoms. The lowest BCUT2D eigenvalue weighted by molar-refractivity contribution is 0.502. The molecule has 7 aromatic rings. The molecule has 0 unspecified atom stereocenters. The monoisotopic (exact) mass is 834 g/mol. The lowest BCUT2D eigenvalue weighted by Crippen LogP contribution is -2.24. The maximum absolute atomic E-state index is 4.04. The first-order chi connectivity index (χ1) is 31.3. The number of hydrogen-bond donors (Lipinski definition) is 4. The molecule has 9 heterocycles. The molecule has 0 fully saturated rings. The summed E-state index contributed by atoms with van der Waals surface area (Å²) in [5.74, 6) is 0. The van der Waals surface area contributed by atoms with Gasteiger partial charge in [0.2, 0.25) is 0 Å². The fraction of sp³-hybridized carbons (Fsp3) is 0.143. The molecule has 0 aliphatic carbocycles. The second-order valence-corrected chi connectivity index (χ2v) is 17.8. The molecular formula is C56H50N8. The molecule has 0 spiro atoms. The Morgan fingerprint density at radius 2 is 0.734 bits per heavy atom. The van der Waals surface area contributed by atoms with E-state index in [0.717, 1.165) is 97.8 Å². The van der Waals surface area contributed by atoms with Gasteiger partial charge in [0.25, 0.3) is 0 Å². The second-order valence-electron chi connectivity index (χ2n) is 17.8. The molecule has 5 aliphatic heterocycles. The average Bonchev–Trinajstić information content (AvgIpc) is 4.15. The van der Waals surface area contributed by atoms with Crippen LogP contribution >= 0.6 is 0 Å². The number of benzene rings is 3. The number of anilines is 3. The van der Waals surface area contributed by atoms with Gasteiger partial charge in [-0.05, 0) is 100 Å². The van der Waals surface area contributed by atoms with E-state index in [2.05, 4.69) is 226 Å². The van der Waals surface area contributed by atoms with Gasteiger partial charge in [-0.1, -0.05) is 66.7 Å². The van der Waals surface area contributed by atoms with Crippen LogP contribution in [0.2, 0.25) is 0 Å². The molecule has 0 atom stereocenters. The summed E-state index contributed by atoms with van der Waals surface area (Å²) in [6.45, 7) is 0.869. The van der Waals surface area contributed by atoms with Crippen LogP contribution in [0, 0.1) is 0 Å². The van der Waals surface area contributed by atoms with Crippen molar-refractivity contribution in [2.75, 3.05) is 49.4 Å². The molecule has 8 heteroatoms. The van der Waals surface area contributed by atoms with Gasteiger partial charge in [0, 0.05) is 168 Å². The zero-order valence-electron chi connectivity index (χ0n) is 36.6. The van der Waals surface area contributed by atoms with Crippen LogP contribution in [-0.2, 0) is 19.3 Å². The molecule has 8 nitrogen and oxygen atoms in total. The van der Waals surface area contributed by atoms with Crippen molar-refractivity contribution in [1.82, 2.24) is 24.8 Å². The number of H-pyrrole nitrogens is 4. The highest BCUT2D eigenvalue weighted by atomic mass is 15.1. The number of fused-ring (bicyclic) bond motifs is 11. The number of likely N-dealkylation sites (N-methyl/N-ethyl adjacent to an activating group) is 1. The van der Waals surface area contributed by atoms with Crippen molar-refractivity contribution in [2.24, 2.45) is 0 Å². The number of rotatable bonds is 4. The predicted molar refractivity (Wildman–Crippen MR) is 261 cm³/mol. The molecule has 4 aromatic heterocycles. The van der Waals surface area contributed by atoms with Gasteiger partial charge in [-0.25, -0.2) is 0 Å². The molecule has 12 rings (SSSR count). The highest BCUT2D eigenvalue weighted by molar-refractivity contribution is 5.87. The van der Waals surface area contributed by atoms with Gasteiger partial charge < -0.3 is 39.5 Å². The number of nitrogens with zero attached hydrogens (tertiary/aromatic N) is 4. The molecule has 0 saturated carbocycles. The van der Waals surface area contributed by atoms with E-state index in [1.807, 2.05) is 0 Å². The Kier molecular flexibility index (Phi) is 8.83. The number of hydrogen-bond acceptors (Lipinski definition) is 4. The van der Waals surface area contributed by atoms with Gasteiger partial charge in [0.05, 0.1) is 0 Å². The van der Waals surface area contributed by atoms with Crippen LogP contribution in [0.1, 0.15) is 39.5 Å². The fourth-order valence-corrected chi connectivity index (χ4v) is 10.6. The van der Waals surface area contributed by atoms with Gasteiger partial charge in [-0.3, -0.25) is 0 Å². The summed E-state index contributed by atoms with van der Waals surface area (Å²) in [7, 11) is 8.62. The average molecular weight is 835 g/mol. The fourth-order valence-electron chi connectivity index (χ4n) is 10.6. The topological polar surface area (TPSA) is 76.1 Å². The number of para-hydroxylation sites is 3. The summed E-state index contributed by atoms with van der Waals surface area (Å²) < 4.78 is 0. The summed E-state index contributed by atoms with van der Waals surface area (Å²) in [4.78, 5) is 25.1. The smallest absolute Gasteiger partial charge is 0.0486 e. The molecule has 314 valence electrons. The zero-order chi connectivity index (χ0) is 43.1. The number of allylic oxidation sites excluding steroid dienone is 5. The van der Waals surface area contributed by atoms with Crippen molar-refractivity contribution in [2.45, 2.75) is 19.3 Å². The van der Waals surface area contributed by atoms with E-state index < -0.39 is 0 Å². The Morgan fingerprint density at radius 3 is 1.12 bits per heavy atom. The Bertz CT molecular complexity index is 3480. The van der Waals surface area contributed by atoms with Crippen LogP contribution in [0.5, 0.6) is 0 Å². The molecule has 4 N–H and O–H groups in total. The number of nitrogens with one attached hydrogen (secondary N) is 4. The molecule has 5 aliphatic rings. The van der Waals surface area contributed by atoms with Crippen molar-refractivity contribution >= 4 is 39.4 Å². The molecule has 3 aromatic carbocycles. The highest BCUT2D eigenvalue weighted by Crippen LogP contribution is 2.38. The van der Waals surface area contributed by atoms with Gasteiger partial charge >= 0.3 is 0 Å². The maximum atomic E-state index is 4.04. The molecule has 0 saturated heterocycles. The van der Waals surface area contributed by atoms with Crippen molar-refractivity contribution in [1.29, 1.82) is 0 Å². The van der Waals surface area contributed by atoms with Crippen LogP contribution < -0.4 is 36.1 Å². The van der Waals surface area contributed by atoms with Crippen molar-refractivity contribution in [3.05, 3.63) is 241 Å². The molecule has 0 amide bonds. The summed E-state index contributed by atoms with van der Waals surface area (Å²) in [6, 6.07) is 44.4. The van der Waals surface area contributed by atoms with E-state index in [-0.39, 0.29) is 0 Å². The Hall–Kier alpha value is -7.84. The first-order valence-corrected chi connectivity index (χ1v) is 22.2. The summed E-state index contributed by atoms with van der Waals surface area (Å²) >= 11 is 0. The van der Waals surface area contributed by atoms with E-state index in [1.165, 1.54) is 50.5 Å². The van der Waals surface area contributed by atoms with Crippen molar-refractivity contribution in [3.8, 4) is 0 Å².